The summed E-state index contributed by atoms with van der Waals surface area (Å²) in [5.74, 6) is -4.48. The zero-order valence-electron chi connectivity index (χ0n) is 20.1. The number of nitrogens with two attached hydrogens (primary N) is 1. The minimum atomic E-state index is -4.59. The summed E-state index contributed by atoms with van der Waals surface area (Å²) in [6.45, 7) is 11.3. The molecule has 0 saturated carbocycles. The third kappa shape index (κ3) is 31.1. The van der Waals surface area contributed by atoms with Gasteiger partial charge in [-0.3, -0.25) is 0 Å². The monoisotopic (exact) mass is 651 g/mol. The number of aliphatic hydroxyl groups excluding tert-OH is 2. The molecule has 0 fully saturated rings. The third-order valence-electron chi connectivity index (χ3n) is 2.92. The van der Waals surface area contributed by atoms with Crippen LogP contribution >= 0.6 is 0 Å². The van der Waals surface area contributed by atoms with Crippen LogP contribution in [0.25, 0.3) is 0 Å². The van der Waals surface area contributed by atoms with Crippen LogP contribution in [0.1, 0.15) is 34.6 Å². The minimum absolute atomic E-state index is 0. The minimum Gasteiger partial charge on any atom is -1.00 e. The van der Waals surface area contributed by atoms with Gasteiger partial charge in [-0.05, 0) is 12.8 Å². The van der Waals surface area contributed by atoms with Crippen LogP contribution in [-0.2, 0) is 4.79 Å². The van der Waals surface area contributed by atoms with E-state index < -0.39 is 50.4 Å². The number of hydrogen-bond acceptors (Lipinski definition) is 4. The Kier molecular flexibility index (Phi) is 29.0. The topological polar surface area (TPSA) is 83.5 Å². The van der Waals surface area contributed by atoms with Gasteiger partial charge in [0, 0.05) is 12.0 Å². The van der Waals surface area contributed by atoms with E-state index in [2.05, 4.69) is 0 Å². The van der Waals surface area contributed by atoms with Gasteiger partial charge in [-0.1, -0.05) is 47.3 Å². The number of alkyl halides is 9. The molecule has 33 heavy (non-hydrogen) atoms. The molecule has 0 rings (SSSR count). The Morgan fingerprint density at radius 1 is 0.758 bits per heavy atom. The Balaban J connectivity index is -0.0000000735. The molecule has 0 aromatic rings. The molecule has 0 bridgehead atoms. The molecular formula is C17H34CsF10NO3Si. The van der Waals surface area contributed by atoms with Crippen molar-refractivity contribution in [1.29, 1.82) is 0 Å². The van der Waals surface area contributed by atoms with E-state index >= 15 is 0 Å². The van der Waals surface area contributed by atoms with E-state index in [-0.39, 0.29) is 79.5 Å². The maximum atomic E-state index is 11.6. The summed E-state index contributed by atoms with van der Waals surface area (Å²) in [7, 11) is -2.86. The summed E-state index contributed by atoms with van der Waals surface area (Å²) in [6.07, 6.45) is -12.7. The number of aldehydes is 1. The first-order valence-corrected chi connectivity index (χ1v) is 12.5. The van der Waals surface area contributed by atoms with Crippen molar-refractivity contribution in [2.45, 2.75) is 90.7 Å². The molecule has 0 saturated heterocycles. The maximum absolute atomic E-state index is 11.6. The number of rotatable bonds is 3. The van der Waals surface area contributed by atoms with E-state index in [9.17, 15) is 44.3 Å². The van der Waals surface area contributed by atoms with Gasteiger partial charge in [-0.2, -0.15) is 39.5 Å². The average Bonchev–Trinajstić information content (AvgIpc) is 2.51. The van der Waals surface area contributed by atoms with Crippen molar-refractivity contribution < 1.29 is 128 Å². The maximum Gasteiger partial charge on any atom is 1.00 e. The fourth-order valence-corrected chi connectivity index (χ4v) is 0.676. The van der Waals surface area contributed by atoms with Crippen LogP contribution in [0.2, 0.25) is 19.6 Å². The smallest absolute Gasteiger partial charge is 1.00 e. The van der Waals surface area contributed by atoms with Crippen molar-refractivity contribution in [3.8, 4) is 0 Å². The van der Waals surface area contributed by atoms with Crippen LogP contribution in [0, 0.1) is 11.8 Å². The van der Waals surface area contributed by atoms with Crippen LogP contribution in [0.4, 0.5) is 39.5 Å². The van der Waals surface area contributed by atoms with Crippen molar-refractivity contribution in [1.82, 2.24) is 0 Å². The Hall–Kier alpha value is 1.12. The van der Waals surface area contributed by atoms with E-state index in [1.54, 1.807) is 0 Å². The molecule has 0 radical (unpaired) electrons. The average molecular weight is 651 g/mol. The van der Waals surface area contributed by atoms with Crippen molar-refractivity contribution in [2.24, 2.45) is 17.6 Å². The predicted octanol–water partition coefficient (Wildman–Crippen LogP) is -0.902. The van der Waals surface area contributed by atoms with E-state index in [4.69, 9.17) is 15.9 Å². The van der Waals surface area contributed by atoms with Crippen LogP contribution in [0.5, 0.6) is 0 Å². The number of aliphatic hydroxyl groups is 2. The molecule has 0 aliphatic carbocycles. The van der Waals surface area contributed by atoms with Crippen molar-refractivity contribution in [3.05, 3.63) is 0 Å². The van der Waals surface area contributed by atoms with Gasteiger partial charge in [-0.15, -0.1) is 0 Å². The zero-order valence-corrected chi connectivity index (χ0v) is 27.4. The second kappa shape index (κ2) is 20.2. The fourth-order valence-electron chi connectivity index (χ4n) is 0.676. The zero-order chi connectivity index (χ0) is 26.6. The molecule has 0 amide bonds. The van der Waals surface area contributed by atoms with Gasteiger partial charge in [0.25, 0.3) is 0 Å². The first-order chi connectivity index (χ1) is 13.2. The largest absolute Gasteiger partial charge is 1.00 e. The second-order valence-corrected chi connectivity index (χ2v) is 13.3. The van der Waals surface area contributed by atoms with E-state index in [1.165, 1.54) is 33.5 Å². The molecule has 4 nitrogen and oxygen atoms in total. The first-order valence-electron chi connectivity index (χ1n) is 9.00. The molecular weight excluding hydrogens is 617 g/mol. The van der Waals surface area contributed by atoms with Crippen molar-refractivity contribution in [2.75, 3.05) is 0 Å². The van der Waals surface area contributed by atoms with Crippen LogP contribution < -0.4 is 79.3 Å². The van der Waals surface area contributed by atoms with Gasteiger partial charge in [0.2, 0.25) is 0 Å². The molecule has 3 atom stereocenters. The van der Waals surface area contributed by atoms with Crippen LogP contribution in [-0.4, -0.2) is 61.0 Å². The number of carbonyl (C=O) groups is 1. The van der Waals surface area contributed by atoms with E-state index in [0.29, 0.717) is 0 Å². The van der Waals surface area contributed by atoms with Gasteiger partial charge in [0.15, 0.2) is 20.3 Å². The van der Waals surface area contributed by atoms with Crippen LogP contribution in [0.3, 0.4) is 0 Å². The molecule has 0 aliphatic rings. The SMILES string of the molecule is CC(C)C(O)C(F)(F)F.CC(C)C=O.C[C@H](N)C(O)C(F)(F)F.C[Si](C)(C)C(F)(F)F.[Cs+].[F-]. The van der Waals surface area contributed by atoms with Crippen molar-refractivity contribution >= 4 is 14.4 Å². The summed E-state index contributed by atoms with van der Waals surface area (Å²) in [4.78, 5) is 9.50. The van der Waals surface area contributed by atoms with E-state index in [1.807, 2.05) is 13.8 Å². The number of halogens is 10. The van der Waals surface area contributed by atoms with Crippen LogP contribution in [0.15, 0.2) is 0 Å². The molecule has 200 valence electrons. The third-order valence-corrected chi connectivity index (χ3v) is 4.62. The number of carbonyl (C=O) groups excluding carboxylic acids is 1. The van der Waals surface area contributed by atoms with E-state index in [0.717, 1.165) is 13.2 Å². The van der Waals surface area contributed by atoms with Gasteiger partial charge in [0.05, 0.1) is 0 Å². The molecule has 2 unspecified atom stereocenters. The summed E-state index contributed by atoms with van der Waals surface area (Å²) in [5.41, 5.74) is 4.75. The standard InChI is InChI=1S/C5H9F3O.C4H8F3NO.C4H9F3Si.C4H8O.Cs.FH/c1-3(2)4(9)5(6,7)8;1-2(8)3(9)4(5,6)7;1-8(2,3)4(5,6)7;1-4(2)3-5;;/h3-4,9H,1-2H3;2-3,9H,8H2,1H3;1-3H3;3-4H,1-2H3;;1H/q;;;;+1;/p-1/t;2-,3?;;;;/m.0..../s1. The molecule has 0 aromatic heterocycles. The molecule has 16 heteroatoms. The van der Waals surface area contributed by atoms with Gasteiger partial charge >= 0.3 is 87.0 Å². The van der Waals surface area contributed by atoms with Crippen molar-refractivity contribution in [3.63, 3.8) is 0 Å². The molecule has 4 N–H and O–H groups in total. The summed E-state index contributed by atoms with van der Waals surface area (Å²) in [6, 6.07) is -1.26. The Morgan fingerprint density at radius 3 is 0.970 bits per heavy atom. The summed E-state index contributed by atoms with van der Waals surface area (Å²) < 4.78 is 103. The quantitative estimate of drug-likeness (QED) is 0.210. The summed E-state index contributed by atoms with van der Waals surface area (Å²) in [5, 5.41) is 16.6. The Labute approximate surface area is 248 Å². The van der Waals surface area contributed by atoms with Gasteiger partial charge in [0.1, 0.15) is 6.29 Å². The summed E-state index contributed by atoms with van der Waals surface area (Å²) >= 11 is 0. The molecule has 0 aromatic carbocycles. The second-order valence-electron chi connectivity index (χ2n) is 8.20. The fraction of sp³-hybridized carbons (Fsp3) is 0.941. The molecule has 0 spiro atoms. The van der Waals surface area contributed by atoms with Gasteiger partial charge < -0.3 is 25.4 Å². The Morgan fingerprint density at radius 2 is 0.970 bits per heavy atom. The molecule has 0 aliphatic heterocycles. The first kappa shape index (κ1) is 47.3. The predicted molar refractivity (Wildman–Crippen MR) is 103 cm³/mol. The molecule has 0 heterocycles. The van der Waals surface area contributed by atoms with Gasteiger partial charge in [-0.25, -0.2) is 0 Å². The normalized spacial score (nSPS) is 14.5. The Bertz CT molecular complexity index is 430. The number of hydrogen-bond donors (Lipinski definition) is 3.